The Morgan fingerprint density at radius 3 is 2.67 bits per heavy atom. The minimum absolute atomic E-state index is 0.0596. The summed E-state index contributed by atoms with van der Waals surface area (Å²) < 4.78 is 10.9. The van der Waals surface area contributed by atoms with Crippen LogP contribution < -0.4 is 4.74 Å². The lowest BCUT2D eigenvalue weighted by Gasteiger charge is -2.12. The van der Waals surface area contributed by atoms with Crippen molar-refractivity contribution in [3.8, 4) is 5.75 Å². The first-order valence-electron chi connectivity index (χ1n) is 5.53. The maximum atomic E-state index is 11.0. The van der Waals surface area contributed by atoms with E-state index in [-0.39, 0.29) is 11.9 Å². The summed E-state index contributed by atoms with van der Waals surface area (Å²) in [6.45, 7) is 5.43. The van der Waals surface area contributed by atoms with Crippen LogP contribution in [0.2, 0.25) is 5.02 Å². The summed E-state index contributed by atoms with van der Waals surface area (Å²) in [7, 11) is 0. The van der Waals surface area contributed by atoms with E-state index in [4.69, 9.17) is 25.9 Å². The lowest BCUT2D eigenvalue weighted by molar-refractivity contribution is 0.0664. The topological polar surface area (TPSA) is 59.7 Å². The van der Waals surface area contributed by atoms with Gasteiger partial charge in [-0.1, -0.05) is 11.6 Å². The number of aryl methyl sites for hydroxylation is 1. The van der Waals surface area contributed by atoms with Gasteiger partial charge in [-0.25, -0.2) is 4.79 Å². The van der Waals surface area contributed by atoms with Crippen LogP contribution in [0, 0.1) is 6.92 Å². The Bertz CT molecular complexity index is 613. The number of carbonyl (C=O) groups is 1. The number of furan rings is 1. The predicted octanol–water partition coefficient (Wildman–Crippen LogP) is 3.88. The van der Waals surface area contributed by atoms with E-state index in [9.17, 15) is 4.79 Å². The van der Waals surface area contributed by atoms with E-state index in [0.717, 1.165) is 0 Å². The number of fused-ring (bicyclic) bond motifs is 1. The molecule has 18 heavy (non-hydrogen) atoms. The maximum absolute atomic E-state index is 11.0. The van der Waals surface area contributed by atoms with Gasteiger partial charge in [0.15, 0.2) is 0 Å². The van der Waals surface area contributed by atoms with Crippen LogP contribution in [0.4, 0.5) is 0 Å². The first kappa shape index (κ1) is 12.8. The number of rotatable bonds is 3. The summed E-state index contributed by atoms with van der Waals surface area (Å²) in [6, 6.07) is 3.28. The fraction of sp³-hybridized carbons (Fsp3) is 0.308. The standard InChI is InChI=1S/C13H13ClO4/c1-6(2)17-12-8(14)4-5-9-10(12)7(3)11(18-9)13(15)16/h4-6H,1-3H3,(H,15,16). The summed E-state index contributed by atoms with van der Waals surface area (Å²) in [6.07, 6.45) is -0.0596. The molecule has 2 aromatic rings. The van der Waals surface area contributed by atoms with Crippen molar-refractivity contribution in [1.82, 2.24) is 0 Å². The average Bonchev–Trinajstić information content (AvgIpc) is 2.60. The van der Waals surface area contributed by atoms with E-state index < -0.39 is 5.97 Å². The molecule has 0 bridgehead atoms. The second kappa shape index (κ2) is 4.53. The molecule has 5 heteroatoms. The van der Waals surface area contributed by atoms with Crippen LogP contribution in [-0.2, 0) is 0 Å². The summed E-state index contributed by atoms with van der Waals surface area (Å²) >= 11 is 6.09. The fourth-order valence-electron chi connectivity index (χ4n) is 1.83. The highest BCUT2D eigenvalue weighted by atomic mass is 35.5. The van der Waals surface area contributed by atoms with Gasteiger partial charge in [-0.15, -0.1) is 0 Å². The van der Waals surface area contributed by atoms with Crippen molar-refractivity contribution in [3.63, 3.8) is 0 Å². The van der Waals surface area contributed by atoms with Gasteiger partial charge in [0.05, 0.1) is 16.5 Å². The Hall–Kier alpha value is -1.68. The first-order valence-corrected chi connectivity index (χ1v) is 5.91. The number of ether oxygens (including phenoxy) is 1. The number of carboxylic acid groups (broad SMARTS) is 1. The Morgan fingerprint density at radius 2 is 2.11 bits per heavy atom. The molecule has 0 spiro atoms. The zero-order chi connectivity index (χ0) is 13.4. The van der Waals surface area contributed by atoms with Gasteiger partial charge in [-0.2, -0.15) is 0 Å². The van der Waals surface area contributed by atoms with Crippen molar-refractivity contribution in [1.29, 1.82) is 0 Å². The van der Waals surface area contributed by atoms with E-state index in [1.807, 2.05) is 13.8 Å². The molecule has 0 aliphatic heterocycles. The lowest BCUT2D eigenvalue weighted by atomic mass is 10.1. The van der Waals surface area contributed by atoms with Crippen LogP contribution in [0.15, 0.2) is 16.5 Å². The van der Waals surface area contributed by atoms with Gasteiger partial charge in [0.1, 0.15) is 11.3 Å². The molecule has 1 N–H and O–H groups in total. The Morgan fingerprint density at radius 1 is 1.44 bits per heavy atom. The molecule has 0 atom stereocenters. The Labute approximate surface area is 109 Å². The zero-order valence-electron chi connectivity index (χ0n) is 10.3. The van der Waals surface area contributed by atoms with Crippen LogP contribution >= 0.6 is 11.6 Å². The van der Waals surface area contributed by atoms with Gasteiger partial charge in [-0.3, -0.25) is 0 Å². The number of hydrogen-bond acceptors (Lipinski definition) is 3. The van der Waals surface area contributed by atoms with E-state index in [1.165, 1.54) is 0 Å². The number of halogens is 1. The highest BCUT2D eigenvalue weighted by Gasteiger charge is 2.21. The van der Waals surface area contributed by atoms with Gasteiger partial charge in [0.25, 0.3) is 0 Å². The molecule has 4 nitrogen and oxygen atoms in total. The highest BCUT2D eigenvalue weighted by Crippen LogP contribution is 2.38. The second-order valence-corrected chi connectivity index (χ2v) is 4.68. The van der Waals surface area contributed by atoms with Gasteiger partial charge in [0, 0.05) is 5.56 Å². The molecule has 0 aliphatic carbocycles. The molecule has 1 aromatic carbocycles. The van der Waals surface area contributed by atoms with Gasteiger partial charge < -0.3 is 14.3 Å². The quantitative estimate of drug-likeness (QED) is 0.918. The van der Waals surface area contributed by atoms with E-state index >= 15 is 0 Å². The molecule has 0 radical (unpaired) electrons. The van der Waals surface area contributed by atoms with E-state index in [2.05, 4.69) is 0 Å². The van der Waals surface area contributed by atoms with E-state index in [1.54, 1.807) is 19.1 Å². The lowest BCUT2D eigenvalue weighted by Crippen LogP contribution is -2.06. The highest BCUT2D eigenvalue weighted by molar-refractivity contribution is 6.33. The third kappa shape index (κ3) is 2.04. The fourth-order valence-corrected chi connectivity index (χ4v) is 2.04. The largest absolute Gasteiger partial charge is 0.489 e. The molecule has 2 rings (SSSR count). The SMILES string of the molecule is Cc1c(C(=O)O)oc2ccc(Cl)c(OC(C)C)c12. The number of hydrogen-bond donors (Lipinski definition) is 1. The molecule has 0 amide bonds. The second-order valence-electron chi connectivity index (χ2n) is 4.28. The molecular formula is C13H13ClO4. The molecule has 1 heterocycles. The third-order valence-corrected chi connectivity index (χ3v) is 2.84. The molecule has 0 saturated carbocycles. The molecule has 0 saturated heterocycles. The van der Waals surface area contributed by atoms with Crippen molar-refractivity contribution in [2.45, 2.75) is 26.9 Å². The average molecular weight is 269 g/mol. The summed E-state index contributed by atoms with van der Waals surface area (Å²) in [5.74, 6) is -0.714. The molecule has 0 fully saturated rings. The van der Waals surface area contributed by atoms with Gasteiger partial charge in [0.2, 0.25) is 5.76 Å². The van der Waals surface area contributed by atoms with Crippen molar-refractivity contribution in [2.75, 3.05) is 0 Å². The Kier molecular flexibility index (Phi) is 3.22. The van der Waals surface area contributed by atoms with Crippen LogP contribution in [0.5, 0.6) is 5.75 Å². The van der Waals surface area contributed by atoms with Gasteiger partial charge in [-0.05, 0) is 32.9 Å². The summed E-state index contributed by atoms with van der Waals surface area (Å²) in [5, 5.41) is 10.1. The van der Waals surface area contributed by atoms with Crippen LogP contribution in [-0.4, -0.2) is 17.2 Å². The molecule has 0 aliphatic rings. The van der Waals surface area contributed by atoms with Crippen molar-refractivity contribution in [2.24, 2.45) is 0 Å². The Balaban J connectivity index is 2.75. The normalized spacial score (nSPS) is 11.2. The monoisotopic (exact) mass is 268 g/mol. The van der Waals surface area contributed by atoms with Crippen molar-refractivity contribution in [3.05, 3.63) is 28.5 Å². The van der Waals surface area contributed by atoms with Crippen molar-refractivity contribution >= 4 is 28.5 Å². The number of benzene rings is 1. The molecule has 1 aromatic heterocycles. The van der Waals surface area contributed by atoms with Crippen LogP contribution in [0.1, 0.15) is 30.0 Å². The summed E-state index contributed by atoms with van der Waals surface area (Å²) in [5.41, 5.74) is 0.987. The molecular weight excluding hydrogens is 256 g/mol. The number of aromatic carboxylic acids is 1. The zero-order valence-corrected chi connectivity index (χ0v) is 11.0. The molecule has 96 valence electrons. The van der Waals surface area contributed by atoms with Gasteiger partial charge >= 0.3 is 5.97 Å². The van der Waals surface area contributed by atoms with Crippen LogP contribution in [0.3, 0.4) is 0 Å². The van der Waals surface area contributed by atoms with E-state index in [0.29, 0.717) is 27.3 Å². The maximum Gasteiger partial charge on any atom is 0.372 e. The predicted molar refractivity (Wildman–Crippen MR) is 68.7 cm³/mol. The van der Waals surface area contributed by atoms with Crippen molar-refractivity contribution < 1.29 is 19.1 Å². The minimum atomic E-state index is -1.10. The third-order valence-electron chi connectivity index (χ3n) is 2.55. The minimum Gasteiger partial charge on any atom is -0.489 e. The van der Waals surface area contributed by atoms with Crippen LogP contribution in [0.25, 0.3) is 11.0 Å². The summed E-state index contributed by atoms with van der Waals surface area (Å²) in [4.78, 5) is 11.0. The number of carboxylic acids is 1. The molecule has 0 unspecified atom stereocenters. The smallest absolute Gasteiger partial charge is 0.372 e. The first-order chi connectivity index (χ1) is 8.41.